The first-order chi connectivity index (χ1) is 9.75. The lowest BCUT2D eigenvalue weighted by Gasteiger charge is -2.41. The largest absolute Gasteiger partial charge is 0.493 e. The van der Waals surface area contributed by atoms with Gasteiger partial charge in [0, 0.05) is 39.1 Å². The van der Waals surface area contributed by atoms with Crippen molar-refractivity contribution in [3.63, 3.8) is 0 Å². The molecule has 4 heteroatoms. The Labute approximate surface area is 120 Å². The van der Waals surface area contributed by atoms with Gasteiger partial charge in [0.15, 0.2) is 0 Å². The van der Waals surface area contributed by atoms with Crippen LogP contribution in [-0.4, -0.2) is 32.0 Å². The van der Waals surface area contributed by atoms with Crippen LogP contribution in [0.5, 0.6) is 5.75 Å². The highest BCUT2D eigenvalue weighted by atomic mass is 16.5. The Balaban J connectivity index is 1.87. The first kappa shape index (κ1) is 13.9. The number of rotatable bonds is 4. The van der Waals surface area contributed by atoms with Crippen molar-refractivity contribution in [3.05, 3.63) is 29.3 Å². The molecule has 2 aliphatic heterocycles. The molecule has 0 aliphatic carbocycles. The van der Waals surface area contributed by atoms with E-state index in [1.165, 1.54) is 5.56 Å². The minimum Gasteiger partial charge on any atom is -0.493 e. The summed E-state index contributed by atoms with van der Waals surface area (Å²) in [4.78, 5) is 0. The standard InChI is InChI=1S/C16H23NO3/c1-2-20-16(6-9-18-10-7-16)15(17)13-3-4-14-12(11-13)5-8-19-14/h3-4,11,15H,2,5-10,17H2,1H3. The van der Waals surface area contributed by atoms with E-state index in [0.717, 1.165) is 50.4 Å². The van der Waals surface area contributed by atoms with Crippen molar-refractivity contribution in [1.82, 2.24) is 0 Å². The molecule has 4 nitrogen and oxygen atoms in total. The number of benzene rings is 1. The topological polar surface area (TPSA) is 53.7 Å². The molecule has 110 valence electrons. The van der Waals surface area contributed by atoms with Crippen molar-refractivity contribution < 1.29 is 14.2 Å². The highest BCUT2D eigenvalue weighted by Crippen LogP contribution is 2.38. The van der Waals surface area contributed by atoms with Gasteiger partial charge in [-0.1, -0.05) is 12.1 Å². The average Bonchev–Trinajstić information content (AvgIpc) is 2.95. The van der Waals surface area contributed by atoms with Crippen LogP contribution in [0.25, 0.3) is 0 Å². The van der Waals surface area contributed by atoms with Gasteiger partial charge in [-0.25, -0.2) is 0 Å². The molecule has 0 spiro atoms. The summed E-state index contributed by atoms with van der Waals surface area (Å²) in [5.74, 6) is 0.999. The van der Waals surface area contributed by atoms with Gasteiger partial charge < -0.3 is 19.9 Å². The van der Waals surface area contributed by atoms with Gasteiger partial charge in [-0.15, -0.1) is 0 Å². The molecule has 2 aliphatic rings. The maximum Gasteiger partial charge on any atom is 0.122 e. The molecule has 0 amide bonds. The van der Waals surface area contributed by atoms with E-state index in [0.29, 0.717) is 6.61 Å². The maximum absolute atomic E-state index is 6.56. The number of fused-ring (bicyclic) bond motifs is 1. The smallest absolute Gasteiger partial charge is 0.122 e. The maximum atomic E-state index is 6.56. The van der Waals surface area contributed by atoms with E-state index in [4.69, 9.17) is 19.9 Å². The Hall–Kier alpha value is -1.10. The predicted molar refractivity (Wildman–Crippen MR) is 77.0 cm³/mol. The van der Waals surface area contributed by atoms with E-state index < -0.39 is 0 Å². The van der Waals surface area contributed by atoms with Crippen LogP contribution < -0.4 is 10.5 Å². The quantitative estimate of drug-likeness (QED) is 0.916. The number of hydrogen-bond donors (Lipinski definition) is 1. The van der Waals surface area contributed by atoms with Gasteiger partial charge in [0.2, 0.25) is 0 Å². The third-order valence-corrected chi connectivity index (χ3v) is 4.41. The van der Waals surface area contributed by atoms with E-state index in [1.807, 2.05) is 13.0 Å². The zero-order chi connectivity index (χ0) is 14.0. The van der Waals surface area contributed by atoms with E-state index in [-0.39, 0.29) is 11.6 Å². The zero-order valence-corrected chi connectivity index (χ0v) is 12.1. The summed E-state index contributed by atoms with van der Waals surface area (Å²) in [6.45, 7) is 4.93. The molecule has 1 atom stereocenters. The van der Waals surface area contributed by atoms with E-state index in [2.05, 4.69) is 12.1 Å². The summed E-state index contributed by atoms with van der Waals surface area (Å²) < 4.78 is 17.1. The highest BCUT2D eigenvalue weighted by molar-refractivity contribution is 5.41. The first-order valence-electron chi connectivity index (χ1n) is 7.48. The van der Waals surface area contributed by atoms with E-state index >= 15 is 0 Å². The van der Waals surface area contributed by atoms with Crippen LogP contribution in [0.15, 0.2) is 18.2 Å². The van der Waals surface area contributed by atoms with Crippen LogP contribution in [0.3, 0.4) is 0 Å². The van der Waals surface area contributed by atoms with Gasteiger partial charge in [0.1, 0.15) is 5.75 Å². The van der Waals surface area contributed by atoms with Gasteiger partial charge >= 0.3 is 0 Å². The molecular weight excluding hydrogens is 254 g/mol. The van der Waals surface area contributed by atoms with Crippen LogP contribution in [0.2, 0.25) is 0 Å². The fourth-order valence-corrected chi connectivity index (χ4v) is 3.25. The molecule has 1 fully saturated rings. The minimum absolute atomic E-state index is 0.114. The fraction of sp³-hybridized carbons (Fsp3) is 0.625. The predicted octanol–water partition coefficient (Wildman–Crippen LogP) is 2.21. The number of nitrogens with two attached hydrogens (primary N) is 1. The average molecular weight is 277 g/mol. The normalized spacial score (nSPS) is 22.1. The van der Waals surface area contributed by atoms with Gasteiger partial charge in [0.25, 0.3) is 0 Å². The molecule has 20 heavy (non-hydrogen) atoms. The van der Waals surface area contributed by atoms with E-state index in [9.17, 15) is 0 Å². The van der Waals surface area contributed by atoms with Crippen molar-refractivity contribution >= 4 is 0 Å². The Morgan fingerprint density at radius 2 is 2.10 bits per heavy atom. The molecule has 0 radical (unpaired) electrons. The van der Waals surface area contributed by atoms with Gasteiger partial charge in [-0.05, 0) is 24.1 Å². The third kappa shape index (κ3) is 2.43. The van der Waals surface area contributed by atoms with Crippen molar-refractivity contribution in [2.24, 2.45) is 5.73 Å². The van der Waals surface area contributed by atoms with Gasteiger partial charge in [-0.2, -0.15) is 0 Å². The molecular formula is C16H23NO3. The fourth-order valence-electron chi connectivity index (χ4n) is 3.25. The van der Waals surface area contributed by atoms with Crippen LogP contribution in [0.1, 0.15) is 36.9 Å². The van der Waals surface area contributed by atoms with E-state index in [1.54, 1.807) is 0 Å². The molecule has 3 rings (SSSR count). The van der Waals surface area contributed by atoms with Gasteiger partial charge in [0.05, 0.1) is 18.2 Å². The molecule has 0 saturated carbocycles. The van der Waals surface area contributed by atoms with Crippen molar-refractivity contribution in [2.45, 2.75) is 37.8 Å². The SMILES string of the molecule is CCOC1(C(N)c2ccc3c(c2)CCO3)CCOCC1. The van der Waals surface area contributed by atoms with Crippen LogP contribution in [0.4, 0.5) is 0 Å². The molecule has 1 saturated heterocycles. The zero-order valence-electron chi connectivity index (χ0n) is 12.1. The molecule has 2 N–H and O–H groups in total. The molecule has 0 aromatic heterocycles. The highest BCUT2D eigenvalue weighted by Gasteiger charge is 2.40. The third-order valence-electron chi connectivity index (χ3n) is 4.41. The first-order valence-corrected chi connectivity index (χ1v) is 7.48. The summed E-state index contributed by atoms with van der Waals surface area (Å²) in [6.07, 6.45) is 2.69. The summed E-state index contributed by atoms with van der Waals surface area (Å²) in [5, 5.41) is 0. The second kappa shape index (κ2) is 5.72. The second-order valence-electron chi connectivity index (χ2n) is 5.55. The number of ether oxygens (including phenoxy) is 3. The second-order valence-corrected chi connectivity index (χ2v) is 5.55. The molecule has 2 heterocycles. The number of hydrogen-bond acceptors (Lipinski definition) is 4. The Morgan fingerprint density at radius 1 is 1.30 bits per heavy atom. The molecule has 0 bridgehead atoms. The lowest BCUT2D eigenvalue weighted by molar-refractivity contribution is -0.121. The van der Waals surface area contributed by atoms with Crippen LogP contribution >= 0.6 is 0 Å². The van der Waals surface area contributed by atoms with Crippen molar-refractivity contribution in [3.8, 4) is 5.75 Å². The lowest BCUT2D eigenvalue weighted by Crippen LogP contribution is -2.48. The molecule has 1 aromatic carbocycles. The van der Waals surface area contributed by atoms with Crippen molar-refractivity contribution in [2.75, 3.05) is 26.4 Å². The Bertz CT molecular complexity index is 463. The van der Waals surface area contributed by atoms with Gasteiger partial charge in [-0.3, -0.25) is 0 Å². The molecule has 1 aromatic rings. The summed E-state index contributed by atoms with van der Waals surface area (Å²) in [7, 11) is 0. The summed E-state index contributed by atoms with van der Waals surface area (Å²) in [6, 6.07) is 6.18. The summed E-state index contributed by atoms with van der Waals surface area (Å²) in [5.41, 5.74) is 8.68. The molecule has 1 unspecified atom stereocenters. The lowest BCUT2D eigenvalue weighted by atomic mass is 9.82. The minimum atomic E-state index is -0.291. The summed E-state index contributed by atoms with van der Waals surface area (Å²) >= 11 is 0. The van der Waals surface area contributed by atoms with Crippen LogP contribution in [0, 0.1) is 0 Å². The van der Waals surface area contributed by atoms with Crippen molar-refractivity contribution in [1.29, 1.82) is 0 Å². The Morgan fingerprint density at radius 3 is 2.85 bits per heavy atom. The van der Waals surface area contributed by atoms with Crippen LogP contribution in [-0.2, 0) is 15.9 Å². The Kier molecular flexibility index (Phi) is 3.96. The monoisotopic (exact) mass is 277 g/mol.